The lowest BCUT2D eigenvalue weighted by Gasteiger charge is -2.38. The number of nitrogens with zero attached hydrogens (tertiary/aromatic N) is 2. The highest BCUT2D eigenvalue weighted by atomic mass is 35.5. The van der Waals surface area contributed by atoms with Crippen molar-refractivity contribution in [2.24, 2.45) is 5.41 Å². The van der Waals surface area contributed by atoms with Crippen LogP contribution in [0.5, 0.6) is 0 Å². The molecule has 0 radical (unpaired) electrons. The lowest BCUT2D eigenvalue weighted by Crippen LogP contribution is -2.39. The summed E-state index contributed by atoms with van der Waals surface area (Å²) in [4.78, 5) is 0. The van der Waals surface area contributed by atoms with E-state index in [0.717, 1.165) is 12.5 Å². The quantitative estimate of drug-likeness (QED) is 0.838. The summed E-state index contributed by atoms with van der Waals surface area (Å²) in [5.41, 5.74) is -0.0665. The molecule has 0 saturated heterocycles. The predicted molar refractivity (Wildman–Crippen MR) is 80.4 cm³/mol. The average molecular weight is 306 g/mol. The number of halogens is 3. The number of nitrogens with one attached hydrogen (secondary N) is 1. The third kappa shape index (κ3) is 2.82. The molecule has 114 valence electrons. The molecule has 0 aromatic carbocycles. The van der Waals surface area contributed by atoms with Crippen LogP contribution < -0.4 is 5.32 Å². The van der Waals surface area contributed by atoms with Gasteiger partial charge >= 0.3 is 0 Å². The molecule has 0 saturated carbocycles. The number of hydrogen-bond donors (Lipinski definition) is 1. The Morgan fingerprint density at radius 3 is 2.30 bits per heavy atom. The van der Waals surface area contributed by atoms with Gasteiger partial charge in [-0.15, -0.1) is 0 Å². The van der Waals surface area contributed by atoms with Crippen molar-refractivity contribution < 1.29 is 8.78 Å². The van der Waals surface area contributed by atoms with Crippen molar-refractivity contribution in [2.45, 2.75) is 47.0 Å². The van der Waals surface area contributed by atoms with Gasteiger partial charge in [-0.3, -0.25) is 0 Å². The molecule has 1 unspecified atom stereocenters. The van der Waals surface area contributed by atoms with E-state index < -0.39 is 11.3 Å². The van der Waals surface area contributed by atoms with E-state index in [9.17, 15) is 8.78 Å². The molecule has 0 bridgehead atoms. The summed E-state index contributed by atoms with van der Waals surface area (Å²) in [7, 11) is 1.71. The lowest BCUT2D eigenvalue weighted by atomic mass is 9.76. The summed E-state index contributed by atoms with van der Waals surface area (Å²) in [5, 5.41) is 7.36. The number of rotatable bonds is 5. The van der Waals surface area contributed by atoms with Crippen molar-refractivity contribution in [3.05, 3.63) is 16.8 Å². The molecule has 20 heavy (non-hydrogen) atoms. The van der Waals surface area contributed by atoms with Gasteiger partial charge in [0.05, 0.1) is 11.1 Å². The van der Waals surface area contributed by atoms with Crippen molar-refractivity contribution in [2.75, 3.05) is 12.4 Å². The van der Waals surface area contributed by atoms with E-state index in [1.807, 2.05) is 13.8 Å². The number of alkyl halides is 2. The molecule has 0 aliphatic rings. The number of allylic oxidation sites excluding steroid dienone is 2. The zero-order valence-corrected chi connectivity index (χ0v) is 13.6. The monoisotopic (exact) mass is 305 g/mol. The Morgan fingerprint density at radius 1 is 1.40 bits per heavy atom. The maximum absolute atomic E-state index is 14.2. The number of anilines is 1. The van der Waals surface area contributed by atoms with Crippen LogP contribution in [0.2, 0.25) is 5.15 Å². The zero-order valence-electron chi connectivity index (χ0n) is 12.8. The summed E-state index contributed by atoms with van der Waals surface area (Å²) >= 11 is 5.92. The standard InChI is InChI=1S/C14H22ClF2N3/c1-7-13(4,14(5,16)17)12(9(2)3)20-11(18-6)8-10(15)19-20/h8,18H,7H2,1-6H3. The van der Waals surface area contributed by atoms with Crippen LogP contribution in [0, 0.1) is 5.41 Å². The van der Waals surface area contributed by atoms with Gasteiger partial charge in [0.25, 0.3) is 5.92 Å². The van der Waals surface area contributed by atoms with E-state index in [-0.39, 0.29) is 11.6 Å². The molecule has 0 fully saturated rings. The van der Waals surface area contributed by atoms with Gasteiger partial charge in [-0.2, -0.15) is 5.10 Å². The van der Waals surface area contributed by atoms with Crippen molar-refractivity contribution in [3.8, 4) is 0 Å². The summed E-state index contributed by atoms with van der Waals surface area (Å²) in [6, 6.07) is 1.62. The summed E-state index contributed by atoms with van der Waals surface area (Å²) in [5.74, 6) is -2.28. The molecule has 6 heteroatoms. The van der Waals surface area contributed by atoms with Crippen molar-refractivity contribution in [3.63, 3.8) is 0 Å². The molecule has 1 rings (SSSR count). The van der Waals surface area contributed by atoms with Crippen LogP contribution in [-0.4, -0.2) is 22.8 Å². The van der Waals surface area contributed by atoms with E-state index in [4.69, 9.17) is 11.6 Å². The molecular weight excluding hydrogens is 284 g/mol. The molecule has 0 amide bonds. The van der Waals surface area contributed by atoms with Gasteiger partial charge in [0, 0.05) is 20.0 Å². The van der Waals surface area contributed by atoms with E-state index >= 15 is 0 Å². The van der Waals surface area contributed by atoms with Gasteiger partial charge in [-0.25, -0.2) is 13.5 Å². The van der Waals surface area contributed by atoms with Gasteiger partial charge in [0.15, 0.2) is 5.15 Å². The Labute approximate surface area is 124 Å². The normalized spacial score (nSPS) is 14.8. The van der Waals surface area contributed by atoms with Crippen molar-refractivity contribution in [1.82, 2.24) is 9.78 Å². The maximum Gasteiger partial charge on any atom is 0.256 e. The minimum absolute atomic E-state index is 0.269. The summed E-state index contributed by atoms with van der Waals surface area (Å²) < 4.78 is 29.8. The molecule has 1 N–H and O–H groups in total. The highest BCUT2D eigenvalue weighted by Crippen LogP contribution is 2.49. The Morgan fingerprint density at radius 2 is 1.95 bits per heavy atom. The number of hydrogen-bond acceptors (Lipinski definition) is 2. The SMILES string of the molecule is CCC(C)(C(=C(C)C)n1nc(Cl)cc1NC)C(C)(F)F. The Kier molecular flexibility index (Phi) is 4.85. The second-order valence-electron chi connectivity index (χ2n) is 5.44. The predicted octanol–water partition coefficient (Wildman–Crippen LogP) is 4.90. The molecule has 1 aromatic rings. The lowest BCUT2D eigenvalue weighted by molar-refractivity contribution is -0.0713. The first-order chi connectivity index (χ1) is 9.08. The van der Waals surface area contributed by atoms with Gasteiger partial charge < -0.3 is 5.32 Å². The molecule has 1 aromatic heterocycles. The Bertz CT molecular complexity index is 513. The molecule has 0 aliphatic heterocycles. The average Bonchev–Trinajstić information content (AvgIpc) is 2.68. The van der Waals surface area contributed by atoms with E-state index in [2.05, 4.69) is 10.4 Å². The minimum Gasteiger partial charge on any atom is -0.373 e. The fourth-order valence-corrected chi connectivity index (χ4v) is 2.56. The molecule has 0 aliphatic carbocycles. The fraction of sp³-hybridized carbons (Fsp3) is 0.643. The zero-order chi connectivity index (χ0) is 15.7. The summed E-state index contributed by atoms with van der Waals surface area (Å²) in [6.45, 7) is 7.88. The van der Waals surface area contributed by atoms with Crippen LogP contribution in [0.1, 0.15) is 41.0 Å². The second kappa shape index (κ2) is 5.72. The highest BCUT2D eigenvalue weighted by Gasteiger charge is 2.49. The maximum atomic E-state index is 14.2. The minimum atomic E-state index is -2.88. The van der Waals surface area contributed by atoms with E-state index in [1.54, 1.807) is 27.0 Å². The Hall–Kier alpha value is -1.10. The first-order valence-electron chi connectivity index (χ1n) is 6.58. The largest absolute Gasteiger partial charge is 0.373 e. The van der Waals surface area contributed by atoms with Gasteiger partial charge in [0.2, 0.25) is 0 Å². The van der Waals surface area contributed by atoms with Crippen LogP contribution in [0.3, 0.4) is 0 Å². The van der Waals surface area contributed by atoms with Crippen LogP contribution >= 0.6 is 11.6 Å². The van der Waals surface area contributed by atoms with E-state index in [0.29, 0.717) is 11.5 Å². The molecule has 1 atom stereocenters. The smallest absolute Gasteiger partial charge is 0.256 e. The highest BCUT2D eigenvalue weighted by molar-refractivity contribution is 6.29. The van der Waals surface area contributed by atoms with Crippen LogP contribution in [0.15, 0.2) is 11.6 Å². The van der Waals surface area contributed by atoms with Gasteiger partial charge in [0.1, 0.15) is 5.82 Å². The fourth-order valence-electron chi connectivity index (χ4n) is 2.38. The molecule has 0 spiro atoms. The second-order valence-corrected chi connectivity index (χ2v) is 5.82. The molecular formula is C14H22ClF2N3. The topological polar surface area (TPSA) is 29.9 Å². The van der Waals surface area contributed by atoms with Gasteiger partial charge in [-0.05, 0) is 27.2 Å². The first-order valence-corrected chi connectivity index (χ1v) is 6.95. The number of aromatic nitrogens is 2. The Balaban J connectivity index is 3.59. The molecule has 1 heterocycles. The van der Waals surface area contributed by atoms with E-state index in [1.165, 1.54) is 4.68 Å². The van der Waals surface area contributed by atoms with Crippen molar-refractivity contribution >= 4 is 23.1 Å². The van der Waals surface area contributed by atoms with Crippen LogP contribution in [0.25, 0.3) is 5.70 Å². The third-order valence-electron chi connectivity index (χ3n) is 3.82. The van der Waals surface area contributed by atoms with Crippen LogP contribution in [-0.2, 0) is 0 Å². The van der Waals surface area contributed by atoms with Crippen molar-refractivity contribution in [1.29, 1.82) is 0 Å². The molecule has 3 nitrogen and oxygen atoms in total. The third-order valence-corrected chi connectivity index (χ3v) is 4.00. The van der Waals surface area contributed by atoms with Gasteiger partial charge in [-0.1, -0.05) is 24.1 Å². The summed E-state index contributed by atoms with van der Waals surface area (Å²) in [6.07, 6.45) is 0.289. The first kappa shape index (κ1) is 17.0. The van der Waals surface area contributed by atoms with Crippen LogP contribution in [0.4, 0.5) is 14.6 Å².